The molecule has 3 aromatic rings. The number of aryl methyl sites for hydroxylation is 2. The van der Waals surface area contributed by atoms with Crippen LogP contribution in [0.5, 0.6) is 5.75 Å². The predicted octanol–water partition coefficient (Wildman–Crippen LogP) is 4.91. The van der Waals surface area contributed by atoms with E-state index in [0.29, 0.717) is 53.1 Å². The summed E-state index contributed by atoms with van der Waals surface area (Å²) in [6, 6.07) is 13.9. The lowest BCUT2D eigenvalue weighted by molar-refractivity contribution is -0.133. The van der Waals surface area contributed by atoms with Crippen molar-refractivity contribution in [3.63, 3.8) is 0 Å². The molecule has 4 heterocycles. The second-order valence-corrected chi connectivity index (χ2v) is 14.4. The molecule has 2 aromatic carbocycles. The first-order valence-corrected chi connectivity index (χ1v) is 16.8. The Balaban J connectivity index is 1.07. The number of hydrogen-bond acceptors (Lipinski definition) is 6. The molecule has 1 spiro atoms. The average molecular weight is 603 g/mol. The van der Waals surface area contributed by atoms with E-state index in [4.69, 9.17) is 4.74 Å². The molecular weight excluding hydrogens is 560 g/mol. The van der Waals surface area contributed by atoms with Crippen molar-refractivity contribution in [3.8, 4) is 5.75 Å². The highest BCUT2D eigenvalue weighted by Crippen LogP contribution is 2.42. The lowest BCUT2D eigenvalue weighted by Crippen LogP contribution is -2.48. The van der Waals surface area contributed by atoms with Crippen LogP contribution in [0, 0.1) is 19.3 Å². The summed E-state index contributed by atoms with van der Waals surface area (Å²) < 4.78 is 34.4. The second-order valence-electron chi connectivity index (χ2n) is 12.5. The van der Waals surface area contributed by atoms with E-state index in [1.54, 1.807) is 23.5 Å². The topological polar surface area (TPSA) is 83.0 Å². The van der Waals surface area contributed by atoms with Gasteiger partial charge in [0.05, 0.1) is 18.4 Å². The van der Waals surface area contributed by atoms with E-state index in [-0.39, 0.29) is 5.91 Å². The molecule has 1 amide bonds. The van der Waals surface area contributed by atoms with Crippen molar-refractivity contribution in [3.05, 3.63) is 82.7 Å². The normalized spacial score (nSPS) is 18.9. The number of aromatic nitrogens is 1. The molecule has 6 rings (SSSR count). The molecule has 0 atom stereocenters. The standard InChI is InChI=1S/C34H42N4O4S/c1-25-20-31(42-3)21-26(2)33(25)43(40,41)38-15-8-28-5-4-27(22-29(28)24-38)23-32(39)37-18-11-34(12-19-37)9-16-36(17-10-34)30-6-13-35-14-7-30/h4-7,13-14,20-22H,8-12,15-19,23-24H2,1-3H3. The van der Waals surface area contributed by atoms with Crippen LogP contribution in [-0.2, 0) is 34.2 Å². The number of likely N-dealkylation sites (tertiary alicyclic amines) is 1. The number of nitrogens with zero attached hydrogens (tertiary/aromatic N) is 4. The summed E-state index contributed by atoms with van der Waals surface area (Å²) in [6.07, 6.45) is 9.16. The first-order chi connectivity index (χ1) is 20.7. The highest BCUT2D eigenvalue weighted by Gasteiger charge is 2.38. The van der Waals surface area contributed by atoms with E-state index in [1.165, 1.54) is 5.69 Å². The minimum Gasteiger partial charge on any atom is -0.497 e. The van der Waals surface area contributed by atoms with Crippen molar-refractivity contribution >= 4 is 21.6 Å². The van der Waals surface area contributed by atoms with Gasteiger partial charge in [0.15, 0.2) is 0 Å². The molecule has 0 bridgehead atoms. The Bertz CT molecular complexity index is 1570. The number of hydrogen-bond donors (Lipinski definition) is 0. The van der Waals surface area contributed by atoms with Crippen molar-refractivity contribution in [1.82, 2.24) is 14.2 Å². The van der Waals surface area contributed by atoms with Gasteiger partial charge in [-0.05, 0) is 103 Å². The van der Waals surface area contributed by atoms with Crippen molar-refractivity contribution in [1.29, 1.82) is 0 Å². The molecule has 1 aromatic heterocycles. The van der Waals surface area contributed by atoms with E-state index in [9.17, 15) is 13.2 Å². The van der Waals surface area contributed by atoms with Crippen LogP contribution < -0.4 is 9.64 Å². The fraction of sp³-hybridized carbons (Fsp3) is 0.471. The fourth-order valence-electron chi connectivity index (χ4n) is 7.28. The molecule has 0 saturated carbocycles. The molecule has 2 saturated heterocycles. The number of carbonyl (C=O) groups is 1. The second kappa shape index (κ2) is 11.9. The summed E-state index contributed by atoms with van der Waals surface area (Å²) >= 11 is 0. The Hall–Kier alpha value is -3.43. The highest BCUT2D eigenvalue weighted by molar-refractivity contribution is 7.89. The smallest absolute Gasteiger partial charge is 0.243 e. The van der Waals surface area contributed by atoms with Gasteiger partial charge in [0.1, 0.15) is 5.75 Å². The number of pyridine rings is 1. The number of rotatable bonds is 6. The van der Waals surface area contributed by atoms with Crippen LogP contribution in [0.15, 0.2) is 59.8 Å². The molecule has 0 radical (unpaired) electrons. The predicted molar refractivity (Wildman–Crippen MR) is 168 cm³/mol. The van der Waals surface area contributed by atoms with Gasteiger partial charge >= 0.3 is 0 Å². The number of piperidine rings is 2. The van der Waals surface area contributed by atoms with Crippen molar-refractivity contribution in [2.24, 2.45) is 5.41 Å². The summed E-state index contributed by atoms with van der Waals surface area (Å²) in [5.74, 6) is 0.816. The van der Waals surface area contributed by atoms with E-state index < -0.39 is 10.0 Å². The quantitative estimate of drug-likeness (QED) is 0.399. The van der Waals surface area contributed by atoms with Crippen LogP contribution in [0.1, 0.15) is 53.5 Å². The minimum atomic E-state index is -3.68. The summed E-state index contributed by atoms with van der Waals surface area (Å²) in [5.41, 5.74) is 6.04. The summed E-state index contributed by atoms with van der Waals surface area (Å²) in [6.45, 7) is 8.11. The Labute approximate surface area is 255 Å². The number of carbonyl (C=O) groups excluding carboxylic acids is 1. The SMILES string of the molecule is COc1cc(C)c(S(=O)(=O)N2CCc3ccc(CC(=O)N4CCC5(CC4)CCN(c4ccncc4)CC5)cc3C2)c(C)c1. The number of fused-ring (bicyclic) bond motifs is 1. The lowest BCUT2D eigenvalue weighted by atomic mass is 9.71. The third kappa shape index (κ3) is 6.02. The third-order valence-corrected chi connectivity index (χ3v) is 12.1. The van der Waals surface area contributed by atoms with Gasteiger partial charge in [0.25, 0.3) is 0 Å². The summed E-state index contributed by atoms with van der Waals surface area (Å²) in [4.78, 5) is 22.4. The molecular formula is C34H42N4O4S. The van der Waals surface area contributed by atoms with Crippen molar-refractivity contribution in [2.45, 2.75) is 63.8 Å². The maximum Gasteiger partial charge on any atom is 0.243 e. The Kier molecular flexibility index (Phi) is 8.22. The lowest BCUT2D eigenvalue weighted by Gasteiger charge is -2.47. The fourth-order valence-corrected chi connectivity index (χ4v) is 9.11. The van der Waals surface area contributed by atoms with E-state index in [0.717, 1.165) is 68.6 Å². The molecule has 3 aliphatic rings. The minimum absolute atomic E-state index is 0.161. The molecule has 3 aliphatic heterocycles. The van der Waals surface area contributed by atoms with Gasteiger partial charge in [-0.25, -0.2) is 8.42 Å². The Morgan fingerprint density at radius 3 is 2.19 bits per heavy atom. The Morgan fingerprint density at radius 1 is 0.884 bits per heavy atom. The molecule has 0 N–H and O–H groups in total. The van der Waals surface area contributed by atoms with Gasteiger partial charge in [0, 0.05) is 57.3 Å². The number of benzene rings is 2. The molecule has 43 heavy (non-hydrogen) atoms. The molecule has 0 aliphatic carbocycles. The average Bonchev–Trinajstić information content (AvgIpc) is 3.01. The van der Waals surface area contributed by atoms with E-state index >= 15 is 0 Å². The van der Waals surface area contributed by atoms with Gasteiger partial charge in [0.2, 0.25) is 15.9 Å². The maximum atomic E-state index is 13.7. The van der Waals surface area contributed by atoms with Crippen LogP contribution >= 0.6 is 0 Å². The van der Waals surface area contributed by atoms with E-state index in [2.05, 4.69) is 28.1 Å². The first-order valence-electron chi connectivity index (χ1n) is 15.4. The molecule has 228 valence electrons. The van der Waals surface area contributed by atoms with Gasteiger partial charge in [-0.15, -0.1) is 0 Å². The third-order valence-electron chi connectivity index (χ3n) is 9.90. The zero-order chi connectivity index (χ0) is 30.2. The van der Waals surface area contributed by atoms with Crippen LogP contribution in [0.4, 0.5) is 5.69 Å². The van der Waals surface area contributed by atoms with Crippen LogP contribution in [0.25, 0.3) is 0 Å². The van der Waals surface area contributed by atoms with Gasteiger partial charge in [-0.1, -0.05) is 18.2 Å². The zero-order valence-corrected chi connectivity index (χ0v) is 26.3. The molecule has 9 heteroatoms. The van der Waals surface area contributed by atoms with Crippen molar-refractivity contribution in [2.75, 3.05) is 44.7 Å². The monoisotopic (exact) mass is 602 g/mol. The molecule has 2 fully saturated rings. The molecule has 0 unspecified atom stereocenters. The van der Waals surface area contributed by atoms with Crippen LogP contribution in [0.2, 0.25) is 0 Å². The summed E-state index contributed by atoms with van der Waals surface area (Å²) in [5, 5.41) is 0. The summed E-state index contributed by atoms with van der Waals surface area (Å²) in [7, 11) is -2.09. The van der Waals surface area contributed by atoms with Crippen LogP contribution in [-0.4, -0.2) is 68.3 Å². The number of methoxy groups -OCH3 is 1. The Morgan fingerprint density at radius 2 is 1.53 bits per heavy atom. The van der Waals surface area contributed by atoms with Gasteiger partial charge in [-0.3, -0.25) is 9.78 Å². The van der Waals surface area contributed by atoms with Gasteiger partial charge in [-0.2, -0.15) is 4.31 Å². The number of amides is 1. The largest absolute Gasteiger partial charge is 0.497 e. The van der Waals surface area contributed by atoms with Crippen molar-refractivity contribution < 1.29 is 17.9 Å². The number of ether oxygens (including phenoxy) is 1. The highest BCUT2D eigenvalue weighted by atomic mass is 32.2. The van der Waals surface area contributed by atoms with E-state index in [1.807, 2.05) is 43.3 Å². The van der Waals surface area contributed by atoms with Crippen LogP contribution in [0.3, 0.4) is 0 Å². The number of sulfonamides is 1. The molecule has 8 nitrogen and oxygen atoms in total. The zero-order valence-electron chi connectivity index (χ0n) is 25.5. The number of anilines is 1. The maximum absolute atomic E-state index is 13.7. The van der Waals surface area contributed by atoms with Gasteiger partial charge < -0.3 is 14.5 Å². The first kappa shape index (κ1) is 29.6.